The fourth-order valence-electron chi connectivity index (χ4n) is 2.76. The number of amides is 1. The first-order valence-electron chi connectivity index (χ1n) is 8.43. The molecule has 0 spiro atoms. The van der Waals surface area contributed by atoms with Gasteiger partial charge in [-0.25, -0.2) is 13.2 Å². The molecule has 6 nitrogen and oxygen atoms in total. The molecule has 1 atom stereocenters. The average molecular weight is 457 g/mol. The Labute approximate surface area is 173 Å². The summed E-state index contributed by atoms with van der Waals surface area (Å²) in [4.78, 5) is 25.8. The molecule has 1 unspecified atom stereocenters. The molecule has 150 valence electrons. The van der Waals surface area contributed by atoms with Crippen molar-refractivity contribution in [2.24, 2.45) is 0 Å². The second kappa shape index (κ2) is 8.99. The lowest BCUT2D eigenvalue weighted by molar-refractivity contribution is -0.118. The number of halogens is 3. The average Bonchev–Trinajstić information content (AvgIpc) is 2.94. The van der Waals surface area contributed by atoms with Crippen molar-refractivity contribution in [2.75, 3.05) is 23.0 Å². The van der Waals surface area contributed by atoms with Gasteiger partial charge in [0.05, 0.1) is 29.7 Å². The third-order valence-corrected chi connectivity index (χ3v) is 6.38. The smallest absolute Gasteiger partial charge is 0.338 e. The number of benzene rings is 1. The summed E-state index contributed by atoms with van der Waals surface area (Å²) in [5.41, 5.74) is 0.661. The maximum absolute atomic E-state index is 12.6. The van der Waals surface area contributed by atoms with Crippen LogP contribution in [0.1, 0.15) is 36.5 Å². The Morgan fingerprint density at radius 1 is 1.22 bits per heavy atom. The first-order valence-corrected chi connectivity index (χ1v) is 11.4. The number of hydrogen-bond acceptors (Lipinski definition) is 5. The molecule has 1 fully saturated rings. The zero-order valence-corrected chi connectivity index (χ0v) is 17.7. The molecule has 0 bridgehead atoms. The van der Waals surface area contributed by atoms with Crippen molar-refractivity contribution in [3.8, 4) is 0 Å². The number of anilines is 1. The minimum absolute atomic E-state index is 0.0385. The van der Waals surface area contributed by atoms with Crippen LogP contribution in [-0.2, 0) is 19.4 Å². The molecule has 10 heteroatoms. The molecule has 0 N–H and O–H groups in total. The summed E-state index contributed by atoms with van der Waals surface area (Å²) in [6, 6.07) is 5.36. The van der Waals surface area contributed by atoms with Crippen molar-refractivity contribution < 1.29 is 22.7 Å². The van der Waals surface area contributed by atoms with Crippen LogP contribution in [0.5, 0.6) is 0 Å². The first-order chi connectivity index (χ1) is 12.5. The Kier molecular flexibility index (Phi) is 7.41. The molecule has 1 heterocycles. The Balaban J connectivity index is 2.25. The van der Waals surface area contributed by atoms with Crippen LogP contribution in [-0.4, -0.2) is 48.2 Å². The fourth-order valence-corrected chi connectivity index (χ4v) is 4.73. The number of nitrogens with zero attached hydrogens (tertiary/aromatic N) is 1. The second-order valence-electron chi connectivity index (χ2n) is 6.27. The van der Waals surface area contributed by atoms with Crippen LogP contribution in [0.3, 0.4) is 0 Å². The van der Waals surface area contributed by atoms with Crippen molar-refractivity contribution in [3.05, 3.63) is 29.8 Å². The van der Waals surface area contributed by atoms with E-state index in [1.807, 2.05) is 6.92 Å². The molecular weight excluding hydrogens is 437 g/mol. The monoisotopic (exact) mass is 455 g/mol. The molecule has 1 aliphatic rings. The first kappa shape index (κ1) is 22.3. The van der Waals surface area contributed by atoms with Crippen LogP contribution in [0.2, 0.25) is 0 Å². The van der Waals surface area contributed by atoms with Crippen molar-refractivity contribution >= 4 is 62.2 Å². The predicted molar refractivity (Wildman–Crippen MR) is 106 cm³/mol. The summed E-state index contributed by atoms with van der Waals surface area (Å²) in [5, 5.41) is 0. The van der Waals surface area contributed by atoms with E-state index < -0.39 is 31.5 Å². The lowest BCUT2D eigenvalue weighted by Gasteiger charge is -2.31. The Morgan fingerprint density at radius 3 is 2.33 bits per heavy atom. The molecule has 0 aromatic heterocycles. The molecule has 1 aromatic rings. The van der Waals surface area contributed by atoms with Crippen molar-refractivity contribution in [2.45, 2.75) is 36.0 Å². The molecule has 1 saturated heterocycles. The van der Waals surface area contributed by atoms with E-state index in [2.05, 4.69) is 0 Å². The highest BCUT2D eigenvalue weighted by Gasteiger charge is 2.42. The van der Waals surface area contributed by atoms with Crippen LogP contribution in [0.25, 0.3) is 0 Å². The lowest BCUT2D eigenvalue weighted by Crippen LogP contribution is -2.47. The number of unbranched alkanes of at least 4 members (excludes halogenated alkanes) is 1. The number of esters is 1. The van der Waals surface area contributed by atoms with E-state index in [9.17, 15) is 18.0 Å². The molecule has 0 aliphatic carbocycles. The van der Waals surface area contributed by atoms with Gasteiger partial charge in [0.25, 0.3) is 9.70 Å². The van der Waals surface area contributed by atoms with Crippen LogP contribution in [0, 0.1) is 0 Å². The maximum atomic E-state index is 12.6. The SMILES string of the molecule is CCCCOC(=O)c1ccc(N(C(=O)C(Cl)(Cl)Cl)C2CCS(=O)(=O)C2)cc1. The van der Waals surface area contributed by atoms with Gasteiger partial charge in [0.2, 0.25) is 0 Å². The van der Waals surface area contributed by atoms with E-state index in [4.69, 9.17) is 39.5 Å². The highest BCUT2D eigenvalue weighted by atomic mass is 35.6. The van der Waals surface area contributed by atoms with E-state index in [0.29, 0.717) is 17.9 Å². The lowest BCUT2D eigenvalue weighted by atomic mass is 10.1. The van der Waals surface area contributed by atoms with E-state index >= 15 is 0 Å². The van der Waals surface area contributed by atoms with Gasteiger partial charge in [-0.2, -0.15) is 0 Å². The molecule has 1 amide bonds. The quantitative estimate of drug-likeness (QED) is 0.371. The van der Waals surface area contributed by atoms with Crippen LogP contribution in [0.4, 0.5) is 5.69 Å². The van der Waals surface area contributed by atoms with Gasteiger partial charge in [-0.1, -0.05) is 48.1 Å². The van der Waals surface area contributed by atoms with Crippen LogP contribution < -0.4 is 4.90 Å². The van der Waals surface area contributed by atoms with Crippen molar-refractivity contribution in [1.82, 2.24) is 0 Å². The van der Waals surface area contributed by atoms with Gasteiger partial charge in [0.1, 0.15) is 0 Å². The number of rotatable bonds is 6. The molecule has 1 aromatic carbocycles. The van der Waals surface area contributed by atoms with E-state index in [1.54, 1.807) is 0 Å². The Bertz CT molecular complexity index is 790. The predicted octanol–water partition coefficient (Wildman–Crippen LogP) is 3.53. The largest absolute Gasteiger partial charge is 0.462 e. The normalized spacial score (nSPS) is 18.9. The fraction of sp³-hybridized carbons (Fsp3) is 0.529. The number of carbonyl (C=O) groups is 2. The van der Waals surface area contributed by atoms with Crippen LogP contribution >= 0.6 is 34.8 Å². The Hall–Kier alpha value is -1.02. The van der Waals surface area contributed by atoms with Gasteiger partial charge in [-0.15, -0.1) is 0 Å². The Morgan fingerprint density at radius 2 is 1.85 bits per heavy atom. The van der Waals surface area contributed by atoms with E-state index in [0.717, 1.165) is 12.8 Å². The van der Waals surface area contributed by atoms with E-state index in [-0.39, 0.29) is 17.9 Å². The van der Waals surface area contributed by atoms with Gasteiger partial charge in [-0.3, -0.25) is 4.79 Å². The number of alkyl halides is 3. The van der Waals surface area contributed by atoms with Crippen LogP contribution in [0.15, 0.2) is 24.3 Å². The zero-order valence-electron chi connectivity index (χ0n) is 14.7. The molecule has 2 rings (SSSR count). The van der Waals surface area contributed by atoms with E-state index in [1.165, 1.54) is 29.2 Å². The van der Waals surface area contributed by atoms with Gasteiger partial charge in [0.15, 0.2) is 9.84 Å². The number of carbonyl (C=O) groups excluding carboxylic acids is 2. The number of sulfone groups is 1. The topological polar surface area (TPSA) is 80.8 Å². The van der Waals surface area contributed by atoms with Crippen molar-refractivity contribution in [1.29, 1.82) is 0 Å². The van der Waals surface area contributed by atoms with Gasteiger partial charge in [-0.05, 0) is 37.1 Å². The molecular formula is C17H20Cl3NO5S. The minimum atomic E-state index is -3.26. The molecule has 27 heavy (non-hydrogen) atoms. The van der Waals surface area contributed by atoms with Crippen molar-refractivity contribution in [3.63, 3.8) is 0 Å². The van der Waals surface area contributed by atoms with Gasteiger partial charge in [0, 0.05) is 5.69 Å². The molecule has 1 aliphatic heterocycles. The standard InChI is InChI=1S/C17H20Cl3NO5S/c1-2-3-9-26-15(22)12-4-6-13(7-5-12)21(16(23)17(18,19)20)14-8-10-27(24,25)11-14/h4-7,14H,2-3,8-11H2,1H3. The number of ether oxygens (including phenoxy) is 1. The zero-order chi connectivity index (χ0) is 20.2. The summed E-state index contributed by atoms with van der Waals surface area (Å²) in [5.74, 6) is -1.56. The highest BCUT2D eigenvalue weighted by molar-refractivity contribution is 7.91. The third-order valence-electron chi connectivity index (χ3n) is 4.15. The maximum Gasteiger partial charge on any atom is 0.338 e. The molecule has 0 saturated carbocycles. The molecule has 0 radical (unpaired) electrons. The third kappa shape index (κ3) is 5.98. The number of hydrogen-bond donors (Lipinski definition) is 0. The van der Waals surface area contributed by atoms with Gasteiger partial charge >= 0.3 is 5.97 Å². The summed E-state index contributed by atoms with van der Waals surface area (Å²) in [6.07, 6.45) is 1.92. The highest BCUT2D eigenvalue weighted by Crippen LogP contribution is 2.34. The van der Waals surface area contributed by atoms with Gasteiger partial charge < -0.3 is 9.64 Å². The second-order valence-corrected chi connectivity index (χ2v) is 10.8. The minimum Gasteiger partial charge on any atom is -0.462 e. The summed E-state index contributed by atoms with van der Waals surface area (Å²) in [7, 11) is -3.26. The summed E-state index contributed by atoms with van der Waals surface area (Å²) < 4.78 is 26.5. The summed E-state index contributed by atoms with van der Waals surface area (Å²) in [6.45, 7) is 2.32. The summed E-state index contributed by atoms with van der Waals surface area (Å²) >= 11 is 17.2.